The van der Waals surface area contributed by atoms with Gasteiger partial charge in [-0.25, -0.2) is 0 Å². The predicted molar refractivity (Wildman–Crippen MR) is 118 cm³/mol. The number of ether oxygens (including phenoxy) is 1. The minimum absolute atomic E-state index is 0.0292. The van der Waals surface area contributed by atoms with E-state index in [9.17, 15) is 14.4 Å². The molecule has 0 spiro atoms. The summed E-state index contributed by atoms with van der Waals surface area (Å²) in [4.78, 5) is 39.4. The second-order valence-corrected chi connectivity index (χ2v) is 7.88. The molecule has 1 aromatic heterocycles. The van der Waals surface area contributed by atoms with E-state index >= 15 is 0 Å². The molecule has 0 bridgehead atoms. The van der Waals surface area contributed by atoms with E-state index in [-0.39, 0.29) is 31.1 Å². The van der Waals surface area contributed by atoms with Crippen LogP contribution in [0.2, 0.25) is 0 Å². The highest BCUT2D eigenvalue weighted by Crippen LogP contribution is 2.23. The third kappa shape index (κ3) is 5.20. The molecule has 0 saturated heterocycles. The zero-order valence-electron chi connectivity index (χ0n) is 17.4. The normalized spacial score (nSPS) is 12.5. The summed E-state index contributed by atoms with van der Waals surface area (Å²) >= 11 is 0. The van der Waals surface area contributed by atoms with Gasteiger partial charge in [-0.1, -0.05) is 30.3 Å². The number of para-hydroxylation sites is 1. The second kappa shape index (κ2) is 9.60. The Kier molecular flexibility index (Phi) is 6.46. The van der Waals surface area contributed by atoms with Crippen LogP contribution < -0.4 is 5.32 Å². The fraction of sp³-hybridized carbons (Fsp3) is 0.320. The van der Waals surface area contributed by atoms with Crippen molar-refractivity contribution in [3.05, 3.63) is 70.9 Å². The van der Waals surface area contributed by atoms with Crippen molar-refractivity contribution in [3.8, 4) is 0 Å². The van der Waals surface area contributed by atoms with Gasteiger partial charge in [0.05, 0.1) is 6.42 Å². The number of rotatable bonds is 9. The Morgan fingerprint density at radius 2 is 1.84 bits per heavy atom. The lowest BCUT2D eigenvalue weighted by atomic mass is 10.0. The van der Waals surface area contributed by atoms with Crippen LogP contribution in [0.15, 0.2) is 48.7 Å². The number of aryl methyl sites for hydroxylation is 2. The predicted octanol–water partition coefficient (Wildman–Crippen LogP) is 3.52. The molecule has 4 rings (SSSR count). The van der Waals surface area contributed by atoms with E-state index in [4.69, 9.17) is 4.74 Å². The molecule has 6 heteroatoms. The molecule has 2 N–H and O–H groups in total. The molecule has 0 radical (unpaired) electrons. The third-order valence-electron chi connectivity index (χ3n) is 5.73. The van der Waals surface area contributed by atoms with Crippen LogP contribution in [0.5, 0.6) is 0 Å². The molecule has 6 nitrogen and oxygen atoms in total. The Hall–Kier alpha value is -3.41. The van der Waals surface area contributed by atoms with Crippen LogP contribution in [0.4, 0.5) is 0 Å². The number of aromatic nitrogens is 1. The van der Waals surface area contributed by atoms with Crippen molar-refractivity contribution in [2.75, 3.05) is 13.2 Å². The first-order valence-corrected chi connectivity index (χ1v) is 10.7. The van der Waals surface area contributed by atoms with Crippen molar-refractivity contribution in [1.29, 1.82) is 0 Å². The zero-order valence-corrected chi connectivity index (χ0v) is 17.4. The lowest BCUT2D eigenvalue weighted by molar-refractivity contribution is -0.148. The Labute approximate surface area is 181 Å². The summed E-state index contributed by atoms with van der Waals surface area (Å²) < 4.78 is 5.01. The molecule has 1 aliphatic carbocycles. The number of amides is 1. The van der Waals surface area contributed by atoms with E-state index < -0.39 is 5.97 Å². The van der Waals surface area contributed by atoms with E-state index in [2.05, 4.69) is 10.3 Å². The highest BCUT2D eigenvalue weighted by atomic mass is 16.5. The van der Waals surface area contributed by atoms with E-state index in [1.54, 1.807) is 0 Å². The van der Waals surface area contributed by atoms with Gasteiger partial charge >= 0.3 is 5.97 Å². The molecule has 3 aromatic rings. The Bertz CT molecular complexity index is 1120. The number of aromatic amines is 1. The van der Waals surface area contributed by atoms with Gasteiger partial charge in [-0.3, -0.25) is 14.4 Å². The Morgan fingerprint density at radius 1 is 1.00 bits per heavy atom. The molecular weight excluding hydrogens is 392 g/mol. The molecule has 0 fully saturated rings. The Balaban J connectivity index is 1.15. The highest BCUT2D eigenvalue weighted by molar-refractivity contribution is 5.98. The van der Waals surface area contributed by atoms with Gasteiger partial charge in [0.2, 0.25) is 0 Å². The molecule has 0 atom stereocenters. The van der Waals surface area contributed by atoms with Crippen molar-refractivity contribution in [3.63, 3.8) is 0 Å². The van der Waals surface area contributed by atoms with Crippen LogP contribution >= 0.6 is 0 Å². The van der Waals surface area contributed by atoms with Gasteiger partial charge in [0, 0.05) is 35.6 Å². The second-order valence-electron chi connectivity index (χ2n) is 7.88. The molecule has 0 unspecified atom stereocenters. The summed E-state index contributed by atoms with van der Waals surface area (Å²) in [5, 5.41) is 3.89. The number of ketones is 1. The van der Waals surface area contributed by atoms with Crippen molar-refractivity contribution >= 4 is 28.6 Å². The Morgan fingerprint density at radius 3 is 2.74 bits per heavy atom. The average Bonchev–Trinajstić information content (AvgIpc) is 3.42. The standard InChI is InChI=1S/C25H26N2O4/c28-23(19-9-8-17-4-3-5-18(17)14-19)10-11-25(30)31-16-24(29)26-13-12-20-15-27-22-7-2-1-6-21(20)22/h1-2,6-9,14-15,27H,3-5,10-13,16H2,(H,26,29). The molecule has 0 aliphatic heterocycles. The van der Waals surface area contributed by atoms with Gasteiger partial charge in [-0.15, -0.1) is 0 Å². The van der Waals surface area contributed by atoms with Crippen LogP contribution in [-0.4, -0.2) is 35.8 Å². The van der Waals surface area contributed by atoms with Crippen molar-refractivity contribution in [2.45, 2.75) is 38.5 Å². The lowest BCUT2D eigenvalue weighted by Gasteiger charge is -2.07. The number of esters is 1. The molecule has 1 amide bonds. The highest BCUT2D eigenvalue weighted by Gasteiger charge is 2.16. The average molecular weight is 418 g/mol. The monoisotopic (exact) mass is 418 g/mol. The van der Waals surface area contributed by atoms with Gasteiger partial charge in [-0.05, 0) is 54.5 Å². The summed E-state index contributed by atoms with van der Waals surface area (Å²) in [5.74, 6) is -0.964. The number of hydrogen-bond donors (Lipinski definition) is 2. The number of carbonyl (C=O) groups excluding carboxylic acids is 3. The van der Waals surface area contributed by atoms with Crippen LogP contribution in [-0.2, 0) is 33.6 Å². The molecule has 1 aliphatic rings. The number of nitrogens with one attached hydrogen (secondary N) is 2. The quantitative estimate of drug-likeness (QED) is 0.411. The van der Waals surface area contributed by atoms with Gasteiger partial charge < -0.3 is 15.0 Å². The fourth-order valence-corrected chi connectivity index (χ4v) is 4.05. The first kappa shape index (κ1) is 20.8. The molecule has 1 heterocycles. The summed E-state index contributed by atoms with van der Waals surface area (Å²) in [5.41, 5.74) is 5.37. The van der Waals surface area contributed by atoms with Gasteiger partial charge in [0.15, 0.2) is 12.4 Å². The van der Waals surface area contributed by atoms with Crippen LogP contribution in [0.3, 0.4) is 0 Å². The van der Waals surface area contributed by atoms with Crippen LogP contribution in [0.25, 0.3) is 10.9 Å². The smallest absolute Gasteiger partial charge is 0.306 e. The van der Waals surface area contributed by atoms with E-state index in [0.717, 1.165) is 35.7 Å². The largest absolute Gasteiger partial charge is 0.456 e. The van der Waals surface area contributed by atoms with Crippen molar-refractivity contribution < 1.29 is 19.1 Å². The molecule has 0 saturated carbocycles. The van der Waals surface area contributed by atoms with Crippen LogP contribution in [0.1, 0.15) is 46.3 Å². The summed E-state index contributed by atoms with van der Waals surface area (Å²) in [6, 6.07) is 13.8. The van der Waals surface area contributed by atoms with E-state index in [0.29, 0.717) is 18.5 Å². The minimum Gasteiger partial charge on any atom is -0.456 e. The van der Waals surface area contributed by atoms with E-state index in [1.807, 2.05) is 48.7 Å². The van der Waals surface area contributed by atoms with Crippen LogP contribution in [0, 0.1) is 0 Å². The SMILES string of the molecule is O=C(COC(=O)CCC(=O)c1ccc2c(c1)CCC2)NCCc1c[nH]c2ccccc12. The van der Waals surface area contributed by atoms with Gasteiger partial charge in [-0.2, -0.15) is 0 Å². The molecular formula is C25H26N2O4. The first-order chi connectivity index (χ1) is 15.1. The number of Topliss-reactive ketones (excluding diaryl/α,β-unsaturated/α-hetero) is 1. The zero-order chi connectivity index (χ0) is 21.6. The maximum Gasteiger partial charge on any atom is 0.306 e. The summed E-state index contributed by atoms with van der Waals surface area (Å²) in [6.45, 7) is 0.120. The maximum absolute atomic E-state index is 12.3. The molecule has 31 heavy (non-hydrogen) atoms. The summed E-state index contributed by atoms with van der Waals surface area (Å²) in [6.07, 6.45) is 5.88. The first-order valence-electron chi connectivity index (χ1n) is 10.7. The lowest BCUT2D eigenvalue weighted by Crippen LogP contribution is -2.30. The minimum atomic E-state index is -0.540. The third-order valence-corrected chi connectivity index (χ3v) is 5.73. The van der Waals surface area contributed by atoms with Crippen molar-refractivity contribution in [1.82, 2.24) is 10.3 Å². The van der Waals surface area contributed by atoms with Gasteiger partial charge in [0.25, 0.3) is 5.91 Å². The van der Waals surface area contributed by atoms with Crippen molar-refractivity contribution in [2.24, 2.45) is 0 Å². The number of H-pyrrole nitrogens is 1. The van der Waals surface area contributed by atoms with Gasteiger partial charge in [0.1, 0.15) is 0 Å². The van der Waals surface area contributed by atoms with E-state index in [1.165, 1.54) is 11.1 Å². The number of benzene rings is 2. The maximum atomic E-state index is 12.3. The molecule has 160 valence electrons. The number of hydrogen-bond acceptors (Lipinski definition) is 4. The fourth-order valence-electron chi connectivity index (χ4n) is 4.05. The summed E-state index contributed by atoms with van der Waals surface area (Å²) in [7, 11) is 0. The topological polar surface area (TPSA) is 88.3 Å². The number of carbonyl (C=O) groups is 3. The molecule has 2 aromatic carbocycles. The number of fused-ring (bicyclic) bond motifs is 2.